The summed E-state index contributed by atoms with van der Waals surface area (Å²) in [6.45, 7) is 4.42. The van der Waals surface area contributed by atoms with E-state index in [0.29, 0.717) is 30.3 Å². The first-order chi connectivity index (χ1) is 15.0. The lowest BCUT2D eigenvalue weighted by Crippen LogP contribution is -2.47. The minimum Gasteiger partial charge on any atom is -0.494 e. The zero-order chi connectivity index (χ0) is 22.1. The van der Waals surface area contributed by atoms with Gasteiger partial charge in [-0.2, -0.15) is 0 Å². The summed E-state index contributed by atoms with van der Waals surface area (Å²) in [7, 11) is 0. The molecule has 0 aliphatic rings. The second-order valence-electron chi connectivity index (χ2n) is 6.40. The second-order valence-corrected chi connectivity index (χ2v) is 7.12. The maximum atomic E-state index is 12.3. The average Bonchev–Trinajstić information content (AvgIpc) is 3.31. The van der Waals surface area contributed by atoms with Crippen molar-refractivity contribution in [3.8, 4) is 17.2 Å². The maximum absolute atomic E-state index is 12.3. The highest BCUT2D eigenvalue weighted by Gasteiger charge is 2.16. The molecule has 0 radical (unpaired) electrons. The molecule has 31 heavy (non-hydrogen) atoms. The maximum Gasteiger partial charge on any atom is 0.279 e. The van der Waals surface area contributed by atoms with Gasteiger partial charge in [0.05, 0.1) is 17.8 Å². The Hall–Kier alpha value is -3.59. The second kappa shape index (κ2) is 11.0. The summed E-state index contributed by atoms with van der Waals surface area (Å²) in [6.07, 6.45) is -0.806. The van der Waals surface area contributed by atoms with E-state index in [1.165, 1.54) is 11.3 Å². The van der Waals surface area contributed by atoms with E-state index in [0.717, 1.165) is 11.4 Å². The molecule has 0 aliphatic heterocycles. The fourth-order valence-corrected chi connectivity index (χ4v) is 3.04. The minimum absolute atomic E-state index is 0.358. The van der Waals surface area contributed by atoms with E-state index in [1.807, 2.05) is 12.3 Å². The predicted octanol–water partition coefficient (Wildman–Crippen LogP) is 3.35. The van der Waals surface area contributed by atoms with Crippen LogP contribution < -0.4 is 25.1 Å². The summed E-state index contributed by atoms with van der Waals surface area (Å²) in [4.78, 5) is 28.6. The molecule has 0 aliphatic carbocycles. The van der Waals surface area contributed by atoms with Crippen LogP contribution in [0.1, 0.15) is 29.9 Å². The Bertz CT molecular complexity index is 975. The highest BCUT2D eigenvalue weighted by Crippen LogP contribution is 2.18. The van der Waals surface area contributed by atoms with E-state index in [1.54, 1.807) is 61.0 Å². The molecule has 162 valence electrons. The van der Waals surface area contributed by atoms with Gasteiger partial charge in [-0.15, -0.1) is 11.3 Å². The topological polar surface area (TPSA) is 98.8 Å². The van der Waals surface area contributed by atoms with Crippen molar-refractivity contribution in [2.24, 2.45) is 0 Å². The number of hydrazine groups is 1. The Balaban J connectivity index is 1.43. The zero-order valence-electron chi connectivity index (χ0n) is 17.2. The van der Waals surface area contributed by atoms with Crippen LogP contribution in [0.3, 0.4) is 0 Å². The van der Waals surface area contributed by atoms with Gasteiger partial charge < -0.3 is 14.2 Å². The number of benzene rings is 2. The van der Waals surface area contributed by atoms with Gasteiger partial charge in [0.1, 0.15) is 23.9 Å². The molecule has 3 aromatic rings. The molecule has 9 heteroatoms. The number of carbonyl (C=O) groups excluding carboxylic acids is 2. The van der Waals surface area contributed by atoms with Crippen molar-refractivity contribution < 1.29 is 23.8 Å². The van der Waals surface area contributed by atoms with Crippen LogP contribution >= 0.6 is 11.3 Å². The minimum atomic E-state index is -0.806. The monoisotopic (exact) mass is 441 g/mol. The average molecular weight is 442 g/mol. The number of aromatic nitrogens is 1. The highest BCUT2D eigenvalue weighted by molar-refractivity contribution is 7.07. The molecule has 0 saturated heterocycles. The van der Waals surface area contributed by atoms with Crippen molar-refractivity contribution >= 4 is 23.2 Å². The van der Waals surface area contributed by atoms with Crippen LogP contribution in [0.15, 0.2) is 59.4 Å². The van der Waals surface area contributed by atoms with Gasteiger partial charge in [0.2, 0.25) is 0 Å². The summed E-state index contributed by atoms with van der Waals surface area (Å²) < 4.78 is 16.6. The number of nitrogens with one attached hydrogen (secondary N) is 2. The van der Waals surface area contributed by atoms with Crippen LogP contribution in [0, 0.1) is 0 Å². The van der Waals surface area contributed by atoms with Gasteiger partial charge in [-0.05, 0) is 62.4 Å². The van der Waals surface area contributed by atoms with E-state index >= 15 is 0 Å². The summed E-state index contributed by atoms with van der Waals surface area (Å²) in [5, 5.41) is 1.91. The molecule has 1 aromatic heterocycles. The lowest BCUT2D eigenvalue weighted by Gasteiger charge is -2.15. The Morgan fingerprint density at radius 3 is 2.26 bits per heavy atom. The molecule has 0 fully saturated rings. The third-order valence-corrected chi connectivity index (χ3v) is 4.74. The van der Waals surface area contributed by atoms with Crippen LogP contribution in [0.25, 0.3) is 0 Å². The Kier molecular flexibility index (Phi) is 7.83. The van der Waals surface area contributed by atoms with Crippen molar-refractivity contribution in [3.05, 3.63) is 70.7 Å². The third kappa shape index (κ3) is 6.71. The van der Waals surface area contributed by atoms with E-state index in [9.17, 15) is 9.59 Å². The third-order valence-electron chi connectivity index (χ3n) is 4.10. The molecule has 3 rings (SSSR count). The first kappa shape index (κ1) is 22.1. The van der Waals surface area contributed by atoms with Crippen molar-refractivity contribution in [2.45, 2.75) is 26.6 Å². The predicted molar refractivity (Wildman–Crippen MR) is 116 cm³/mol. The lowest BCUT2D eigenvalue weighted by molar-refractivity contribution is -0.128. The lowest BCUT2D eigenvalue weighted by atomic mass is 10.2. The SMILES string of the molecule is CCOc1ccc(O[C@@H](C)C(=O)NNC(=O)c2ccc(OCc3cscn3)cc2)cc1. The number of thiazole rings is 1. The van der Waals surface area contributed by atoms with Gasteiger partial charge in [0, 0.05) is 10.9 Å². The van der Waals surface area contributed by atoms with E-state index in [4.69, 9.17) is 14.2 Å². The fourth-order valence-electron chi connectivity index (χ4n) is 2.50. The van der Waals surface area contributed by atoms with Gasteiger partial charge in [0.25, 0.3) is 11.8 Å². The molecule has 2 N–H and O–H groups in total. The first-order valence-corrected chi connectivity index (χ1v) is 10.6. The molecule has 2 amide bonds. The van der Waals surface area contributed by atoms with E-state index < -0.39 is 17.9 Å². The van der Waals surface area contributed by atoms with Gasteiger partial charge >= 0.3 is 0 Å². The van der Waals surface area contributed by atoms with E-state index in [-0.39, 0.29) is 0 Å². The highest BCUT2D eigenvalue weighted by atomic mass is 32.1. The van der Waals surface area contributed by atoms with Gasteiger partial charge in [0.15, 0.2) is 6.10 Å². The Labute approximate surface area is 184 Å². The number of amides is 2. The number of nitrogens with zero attached hydrogens (tertiary/aromatic N) is 1. The van der Waals surface area contributed by atoms with Crippen LogP contribution in [0.2, 0.25) is 0 Å². The molecule has 8 nitrogen and oxygen atoms in total. The van der Waals surface area contributed by atoms with Gasteiger partial charge in [-0.3, -0.25) is 20.4 Å². The summed E-state index contributed by atoms with van der Waals surface area (Å²) >= 11 is 1.50. The first-order valence-electron chi connectivity index (χ1n) is 9.64. The molecule has 1 heterocycles. The van der Waals surface area contributed by atoms with Crippen molar-refractivity contribution in [1.29, 1.82) is 0 Å². The molecule has 0 bridgehead atoms. The van der Waals surface area contributed by atoms with Crippen LogP contribution in [-0.4, -0.2) is 29.5 Å². The van der Waals surface area contributed by atoms with Crippen molar-refractivity contribution in [3.63, 3.8) is 0 Å². The number of hydrogen-bond acceptors (Lipinski definition) is 7. The molecule has 0 unspecified atom stereocenters. The molecular weight excluding hydrogens is 418 g/mol. The number of ether oxygens (including phenoxy) is 3. The summed E-state index contributed by atoms with van der Waals surface area (Å²) in [6, 6.07) is 13.5. The Morgan fingerprint density at radius 1 is 0.968 bits per heavy atom. The van der Waals surface area contributed by atoms with Crippen molar-refractivity contribution in [2.75, 3.05) is 6.61 Å². The molecule has 0 spiro atoms. The molecule has 0 saturated carbocycles. The van der Waals surface area contributed by atoms with Crippen LogP contribution in [0.5, 0.6) is 17.2 Å². The van der Waals surface area contributed by atoms with E-state index in [2.05, 4.69) is 15.8 Å². The summed E-state index contributed by atoms with van der Waals surface area (Å²) in [5.41, 5.74) is 7.70. The normalized spacial score (nSPS) is 11.3. The quantitative estimate of drug-likeness (QED) is 0.494. The molecular formula is C22H23N3O5S. The zero-order valence-corrected chi connectivity index (χ0v) is 18.0. The van der Waals surface area contributed by atoms with Crippen LogP contribution in [0.4, 0.5) is 0 Å². The fraction of sp³-hybridized carbons (Fsp3) is 0.227. The van der Waals surface area contributed by atoms with Gasteiger partial charge in [-0.25, -0.2) is 4.98 Å². The van der Waals surface area contributed by atoms with Crippen molar-refractivity contribution in [1.82, 2.24) is 15.8 Å². The largest absolute Gasteiger partial charge is 0.494 e. The molecule has 2 aromatic carbocycles. The number of rotatable bonds is 9. The van der Waals surface area contributed by atoms with Gasteiger partial charge in [-0.1, -0.05) is 0 Å². The smallest absolute Gasteiger partial charge is 0.279 e. The number of carbonyl (C=O) groups is 2. The summed E-state index contributed by atoms with van der Waals surface area (Å²) in [5.74, 6) is 0.925. The molecule has 1 atom stereocenters. The van der Waals surface area contributed by atoms with Crippen LogP contribution in [-0.2, 0) is 11.4 Å². The Morgan fingerprint density at radius 2 is 1.61 bits per heavy atom. The number of hydrogen-bond donors (Lipinski definition) is 2. The standard InChI is InChI=1S/C22H23N3O5S/c1-3-28-18-8-10-20(11-9-18)30-15(2)21(26)24-25-22(27)16-4-6-19(7-5-16)29-12-17-13-31-14-23-17/h4-11,13-15H,3,12H2,1-2H3,(H,24,26)(H,25,27)/t15-/m0/s1.